The molecule has 2 aromatic rings. The highest BCUT2D eigenvalue weighted by Crippen LogP contribution is 2.20. The number of nitrogens with one attached hydrogen (secondary N) is 1. The molecule has 88 valence electrons. The van der Waals surface area contributed by atoms with Crippen molar-refractivity contribution >= 4 is 27.3 Å². The van der Waals surface area contributed by atoms with Crippen molar-refractivity contribution in [2.75, 3.05) is 11.1 Å². The Labute approximate surface area is 110 Å². The van der Waals surface area contributed by atoms with Gasteiger partial charge in [-0.1, -0.05) is 28.1 Å². The van der Waals surface area contributed by atoms with Crippen LogP contribution in [0.2, 0.25) is 0 Å². The Kier molecular flexibility index (Phi) is 3.69. The van der Waals surface area contributed by atoms with Crippen LogP contribution in [-0.4, -0.2) is 0 Å². The van der Waals surface area contributed by atoms with Gasteiger partial charge in [-0.25, -0.2) is 0 Å². The van der Waals surface area contributed by atoms with E-state index in [-0.39, 0.29) is 0 Å². The molecule has 0 amide bonds. The summed E-state index contributed by atoms with van der Waals surface area (Å²) < 4.78 is 1.13. The maximum atomic E-state index is 5.74. The molecule has 0 atom stereocenters. The van der Waals surface area contributed by atoms with E-state index in [2.05, 4.69) is 52.4 Å². The van der Waals surface area contributed by atoms with Crippen LogP contribution in [0.4, 0.5) is 11.4 Å². The van der Waals surface area contributed by atoms with Crippen molar-refractivity contribution < 1.29 is 0 Å². The number of hydrogen-bond acceptors (Lipinski definition) is 2. The fourth-order valence-electron chi connectivity index (χ4n) is 1.66. The third-order valence-electron chi connectivity index (χ3n) is 2.61. The molecule has 17 heavy (non-hydrogen) atoms. The van der Waals surface area contributed by atoms with Crippen molar-refractivity contribution in [1.29, 1.82) is 0 Å². The van der Waals surface area contributed by atoms with Gasteiger partial charge in [-0.2, -0.15) is 0 Å². The third-order valence-corrected chi connectivity index (χ3v) is 3.50. The Morgan fingerprint density at radius 3 is 2.71 bits per heavy atom. The van der Waals surface area contributed by atoms with Crippen molar-refractivity contribution in [3.05, 3.63) is 58.1 Å². The fraction of sp³-hybridized carbons (Fsp3) is 0.143. The largest absolute Gasteiger partial charge is 0.399 e. The van der Waals surface area contributed by atoms with Crippen molar-refractivity contribution in [2.45, 2.75) is 13.5 Å². The standard InChI is InChI=1S/C14H15BrN2/c1-10-7-13(5-6-14(10)15)17-9-11-3-2-4-12(16)8-11/h2-8,17H,9,16H2,1H3. The molecule has 0 unspecified atom stereocenters. The van der Waals surface area contributed by atoms with Gasteiger partial charge in [-0.05, 0) is 48.4 Å². The smallest absolute Gasteiger partial charge is 0.0401 e. The molecular weight excluding hydrogens is 276 g/mol. The first kappa shape index (κ1) is 12.0. The first-order chi connectivity index (χ1) is 8.15. The monoisotopic (exact) mass is 290 g/mol. The second-order valence-electron chi connectivity index (χ2n) is 4.06. The number of aryl methyl sites for hydroxylation is 1. The maximum Gasteiger partial charge on any atom is 0.0401 e. The Bertz CT molecular complexity index is 523. The zero-order valence-electron chi connectivity index (χ0n) is 9.70. The third kappa shape index (κ3) is 3.24. The number of nitrogen functional groups attached to an aromatic ring is 1. The van der Waals surface area contributed by atoms with Gasteiger partial charge in [0.1, 0.15) is 0 Å². The van der Waals surface area contributed by atoms with Gasteiger partial charge in [0.05, 0.1) is 0 Å². The van der Waals surface area contributed by atoms with E-state index in [0.29, 0.717) is 0 Å². The summed E-state index contributed by atoms with van der Waals surface area (Å²) in [6.07, 6.45) is 0. The van der Waals surface area contributed by atoms with Crippen LogP contribution >= 0.6 is 15.9 Å². The molecule has 3 heteroatoms. The minimum absolute atomic E-state index is 0.784. The lowest BCUT2D eigenvalue weighted by Gasteiger charge is -2.08. The molecule has 0 aliphatic carbocycles. The van der Waals surface area contributed by atoms with E-state index in [0.717, 1.165) is 22.4 Å². The first-order valence-electron chi connectivity index (χ1n) is 5.49. The van der Waals surface area contributed by atoms with Crippen LogP contribution in [0.3, 0.4) is 0 Å². The van der Waals surface area contributed by atoms with Gasteiger partial charge < -0.3 is 11.1 Å². The maximum absolute atomic E-state index is 5.74. The molecule has 2 aromatic carbocycles. The molecule has 0 saturated carbocycles. The highest BCUT2D eigenvalue weighted by Gasteiger charge is 1.98. The summed E-state index contributed by atoms with van der Waals surface area (Å²) in [4.78, 5) is 0. The number of anilines is 2. The molecule has 2 rings (SSSR count). The topological polar surface area (TPSA) is 38.0 Å². The Balaban J connectivity index is 2.05. The van der Waals surface area contributed by atoms with Crippen molar-refractivity contribution in [2.24, 2.45) is 0 Å². The highest BCUT2D eigenvalue weighted by atomic mass is 79.9. The van der Waals surface area contributed by atoms with E-state index < -0.39 is 0 Å². The SMILES string of the molecule is Cc1cc(NCc2cccc(N)c2)ccc1Br. The van der Waals surface area contributed by atoms with E-state index in [1.165, 1.54) is 11.1 Å². The quantitative estimate of drug-likeness (QED) is 0.840. The second-order valence-corrected chi connectivity index (χ2v) is 4.92. The molecule has 0 bridgehead atoms. The predicted molar refractivity (Wildman–Crippen MR) is 77.1 cm³/mol. The van der Waals surface area contributed by atoms with Gasteiger partial charge in [0.15, 0.2) is 0 Å². The lowest BCUT2D eigenvalue weighted by Crippen LogP contribution is -2.00. The summed E-state index contributed by atoms with van der Waals surface area (Å²) in [7, 11) is 0. The van der Waals surface area contributed by atoms with Gasteiger partial charge in [0.25, 0.3) is 0 Å². The average Bonchev–Trinajstić information content (AvgIpc) is 2.31. The molecule has 0 spiro atoms. The lowest BCUT2D eigenvalue weighted by atomic mass is 10.2. The van der Waals surface area contributed by atoms with Crippen LogP contribution in [0.5, 0.6) is 0 Å². The molecular formula is C14H15BrN2. The van der Waals surface area contributed by atoms with Crippen LogP contribution in [-0.2, 0) is 6.54 Å². The van der Waals surface area contributed by atoms with E-state index in [9.17, 15) is 0 Å². The van der Waals surface area contributed by atoms with Gasteiger partial charge >= 0.3 is 0 Å². The number of halogens is 1. The van der Waals surface area contributed by atoms with Gasteiger partial charge in [0.2, 0.25) is 0 Å². The average molecular weight is 291 g/mol. The molecule has 0 aliphatic rings. The van der Waals surface area contributed by atoms with Crippen molar-refractivity contribution in [3.63, 3.8) is 0 Å². The Morgan fingerprint density at radius 1 is 1.18 bits per heavy atom. The fourth-order valence-corrected chi connectivity index (χ4v) is 1.91. The highest BCUT2D eigenvalue weighted by molar-refractivity contribution is 9.10. The Hall–Kier alpha value is -1.48. The zero-order valence-corrected chi connectivity index (χ0v) is 11.3. The number of nitrogens with two attached hydrogens (primary N) is 1. The summed E-state index contributed by atoms with van der Waals surface area (Å²) in [5, 5.41) is 3.38. The van der Waals surface area contributed by atoms with Crippen LogP contribution in [0.1, 0.15) is 11.1 Å². The van der Waals surface area contributed by atoms with Crippen molar-refractivity contribution in [3.8, 4) is 0 Å². The van der Waals surface area contributed by atoms with Gasteiger partial charge in [-0.3, -0.25) is 0 Å². The predicted octanol–water partition coefficient (Wildman–Crippen LogP) is 3.95. The molecule has 0 saturated heterocycles. The molecule has 0 radical (unpaired) electrons. The normalized spacial score (nSPS) is 10.2. The summed E-state index contributed by atoms with van der Waals surface area (Å²) in [5.41, 5.74) is 10.1. The van der Waals surface area contributed by atoms with Crippen LogP contribution in [0.25, 0.3) is 0 Å². The van der Waals surface area contributed by atoms with E-state index in [1.54, 1.807) is 0 Å². The minimum Gasteiger partial charge on any atom is -0.399 e. The summed E-state index contributed by atoms with van der Waals surface area (Å²) in [6.45, 7) is 2.86. The summed E-state index contributed by atoms with van der Waals surface area (Å²) in [5.74, 6) is 0. The molecule has 0 aromatic heterocycles. The first-order valence-corrected chi connectivity index (χ1v) is 6.29. The van der Waals surface area contributed by atoms with Gasteiger partial charge in [0, 0.05) is 22.4 Å². The van der Waals surface area contributed by atoms with Gasteiger partial charge in [-0.15, -0.1) is 0 Å². The molecule has 0 fully saturated rings. The van der Waals surface area contributed by atoms with E-state index in [1.807, 2.05) is 18.2 Å². The molecule has 0 heterocycles. The number of rotatable bonds is 3. The minimum atomic E-state index is 0.784. The number of benzene rings is 2. The van der Waals surface area contributed by atoms with Crippen LogP contribution in [0, 0.1) is 6.92 Å². The summed E-state index contributed by atoms with van der Waals surface area (Å²) in [6, 6.07) is 14.1. The number of hydrogen-bond donors (Lipinski definition) is 2. The van der Waals surface area contributed by atoms with Crippen molar-refractivity contribution in [1.82, 2.24) is 0 Å². The summed E-state index contributed by atoms with van der Waals surface area (Å²) >= 11 is 3.49. The Morgan fingerprint density at radius 2 is 2.00 bits per heavy atom. The second kappa shape index (κ2) is 5.23. The molecule has 3 N–H and O–H groups in total. The molecule has 0 aliphatic heterocycles. The molecule has 2 nitrogen and oxygen atoms in total. The lowest BCUT2D eigenvalue weighted by molar-refractivity contribution is 1.15. The zero-order chi connectivity index (χ0) is 12.3. The van der Waals surface area contributed by atoms with E-state index in [4.69, 9.17) is 5.73 Å². The van der Waals surface area contributed by atoms with Crippen LogP contribution < -0.4 is 11.1 Å². The van der Waals surface area contributed by atoms with E-state index >= 15 is 0 Å². The van der Waals surface area contributed by atoms with Crippen LogP contribution in [0.15, 0.2) is 46.9 Å².